The Hall–Kier alpha value is -3.49. The van der Waals surface area contributed by atoms with Gasteiger partial charge in [0.05, 0.1) is 34.5 Å². The molecule has 0 spiro atoms. The van der Waals surface area contributed by atoms with Gasteiger partial charge in [-0.3, -0.25) is 9.69 Å². The van der Waals surface area contributed by atoms with E-state index in [-0.39, 0.29) is 23.0 Å². The molecule has 0 bridgehead atoms. The lowest BCUT2D eigenvalue weighted by molar-refractivity contribution is 0.0658. The first-order chi connectivity index (χ1) is 21.3. The first-order valence-electron chi connectivity index (χ1n) is 15.6. The summed E-state index contributed by atoms with van der Waals surface area (Å²) < 4.78 is 39.1. The van der Waals surface area contributed by atoms with Gasteiger partial charge in [-0.05, 0) is 57.4 Å². The number of halogens is 1. The predicted molar refractivity (Wildman–Crippen MR) is 164 cm³/mol. The highest BCUT2D eigenvalue weighted by atomic mass is 32.2. The zero-order valence-corrected chi connectivity index (χ0v) is 25.3. The zero-order valence-electron chi connectivity index (χ0n) is 24.5. The Morgan fingerprint density at radius 2 is 1.75 bits per heavy atom. The molecule has 3 aromatic heterocycles. The fourth-order valence-corrected chi connectivity index (χ4v) is 7.44. The number of Topliss-reactive ketones (excluding diaryl/α,β-unsaturated/α-hetero) is 1. The summed E-state index contributed by atoms with van der Waals surface area (Å²) in [6, 6.07) is 4.27. The van der Waals surface area contributed by atoms with Crippen LogP contribution in [0.5, 0.6) is 0 Å². The number of pyridine rings is 1. The van der Waals surface area contributed by atoms with Gasteiger partial charge in [-0.15, -0.1) is 0 Å². The summed E-state index contributed by atoms with van der Waals surface area (Å²) in [5.41, 5.74) is 1.89. The maximum absolute atomic E-state index is 13.1. The number of hydrogen-bond donors (Lipinski definition) is 3. The van der Waals surface area contributed by atoms with Crippen molar-refractivity contribution < 1.29 is 17.6 Å². The lowest BCUT2D eigenvalue weighted by Crippen LogP contribution is -2.51. The minimum atomic E-state index is -3.48. The SMILES string of the molecule is O=C(c1cnc(Nc2ccnc(-c3cnn(S(=O)(=O)C4CC4)c3)n2)cc1NC1CCC(NCCN2CC(F)C2)CC1)C1CC1. The van der Waals surface area contributed by atoms with Gasteiger partial charge in [-0.2, -0.15) is 9.19 Å². The van der Waals surface area contributed by atoms with E-state index in [1.165, 1.54) is 12.4 Å². The number of nitrogens with one attached hydrogen (secondary N) is 3. The monoisotopic (exact) mass is 623 g/mol. The van der Waals surface area contributed by atoms with E-state index in [1.54, 1.807) is 18.5 Å². The van der Waals surface area contributed by atoms with Crippen molar-refractivity contribution >= 4 is 33.1 Å². The Morgan fingerprint density at radius 1 is 0.977 bits per heavy atom. The number of carbonyl (C=O) groups excluding carboxylic acids is 1. The summed E-state index contributed by atoms with van der Waals surface area (Å²) in [7, 11) is -3.48. The minimum Gasteiger partial charge on any atom is -0.382 e. The third-order valence-electron chi connectivity index (χ3n) is 8.91. The molecule has 0 atom stereocenters. The van der Waals surface area contributed by atoms with Crippen LogP contribution in [0.15, 0.2) is 36.9 Å². The van der Waals surface area contributed by atoms with Gasteiger partial charge in [0.15, 0.2) is 11.6 Å². The van der Waals surface area contributed by atoms with Gasteiger partial charge in [0, 0.05) is 62.6 Å². The smallest absolute Gasteiger partial charge is 0.256 e. The van der Waals surface area contributed by atoms with E-state index in [0.29, 0.717) is 60.6 Å². The van der Waals surface area contributed by atoms with E-state index in [1.807, 2.05) is 6.07 Å². The molecule has 44 heavy (non-hydrogen) atoms. The molecule has 4 aliphatic rings. The summed E-state index contributed by atoms with van der Waals surface area (Å²) >= 11 is 0. The van der Waals surface area contributed by atoms with E-state index < -0.39 is 16.2 Å². The Balaban J connectivity index is 1.01. The standard InChI is InChI=1S/C30H38FN9O3S/c31-21-17-39(18-21)12-11-32-22-3-5-23(6-4-22)36-26-13-28(34-15-25(26)29(41)19-1-2-19)37-27-9-10-33-30(38-27)20-14-35-40(16-20)44(42,43)24-7-8-24/h9-10,13-16,19,21-24,32H,1-8,11-12,17-18H2,(H2,33,34,36,37,38). The first kappa shape index (κ1) is 29.2. The molecule has 3 saturated carbocycles. The molecule has 0 radical (unpaired) electrons. The van der Waals surface area contributed by atoms with E-state index >= 15 is 0 Å². The van der Waals surface area contributed by atoms with Crippen LogP contribution < -0.4 is 16.0 Å². The van der Waals surface area contributed by atoms with Gasteiger partial charge in [-0.25, -0.2) is 27.8 Å². The molecule has 7 rings (SSSR count). The molecule has 4 heterocycles. The van der Waals surface area contributed by atoms with Crippen LogP contribution in [-0.2, 0) is 10.0 Å². The van der Waals surface area contributed by atoms with Crippen LogP contribution in [0.1, 0.15) is 61.7 Å². The Bertz CT molecular complexity index is 1610. The Morgan fingerprint density at radius 3 is 2.48 bits per heavy atom. The minimum absolute atomic E-state index is 0.0734. The molecule has 234 valence electrons. The Labute approximate surface area is 256 Å². The molecule has 1 saturated heterocycles. The highest BCUT2D eigenvalue weighted by Gasteiger charge is 2.38. The van der Waals surface area contributed by atoms with Crippen molar-refractivity contribution in [2.45, 2.75) is 74.9 Å². The van der Waals surface area contributed by atoms with Gasteiger partial charge in [0.2, 0.25) is 0 Å². The Kier molecular flexibility index (Phi) is 8.06. The van der Waals surface area contributed by atoms with Crippen LogP contribution in [0, 0.1) is 5.92 Å². The number of likely N-dealkylation sites (tertiary alicyclic amines) is 1. The van der Waals surface area contributed by atoms with Gasteiger partial charge in [0.1, 0.15) is 17.8 Å². The van der Waals surface area contributed by atoms with Crippen molar-refractivity contribution in [1.29, 1.82) is 0 Å². The number of ketones is 1. The van der Waals surface area contributed by atoms with Crippen molar-refractivity contribution in [3.8, 4) is 11.4 Å². The number of hydrogen-bond acceptors (Lipinski definition) is 11. The zero-order chi connectivity index (χ0) is 30.3. The molecule has 1 aliphatic heterocycles. The number of anilines is 3. The predicted octanol–water partition coefficient (Wildman–Crippen LogP) is 3.38. The second-order valence-corrected chi connectivity index (χ2v) is 14.6. The third-order valence-corrected chi connectivity index (χ3v) is 10.9. The summed E-state index contributed by atoms with van der Waals surface area (Å²) in [6.45, 7) is 2.87. The molecule has 0 aromatic carbocycles. The molecule has 0 unspecified atom stereocenters. The van der Waals surface area contributed by atoms with Crippen molar-refractivity contribution in [3.05, 3.63) is 42.5 Å². The van der Waals surface area contributed by atoms with Crippen LogP contribution >= 0.6 is 0 Å². The van der Waals surface area contributed by atoms with Crippen molar-refractivity contribution in [2.75, 3.05) is 36.8 Å². The van der Waals surface area contributed by atoms with Gasteiger partial charge < -0.3 is 16.0 Å². The molecular formula is C30H38FN9O3S. The van der Waals surface area contributed by atoms with E-state index in [9.17, 15) is 17.6 Å². The molecule has 3 aromatic rings. The second kappa shape index (κ2) is 12.1. The largest absolute Gasteiger partial charge is 0.382 e. The van der Waals surface area contributed by atoms with Gasteiger partial charge in [-0.1, -0.05) is 0 Å². The number of alkyl halides is 1. The quantitative estimate of drug-likeness (QED) is 0.241. The summed E-state index contributed by atoms with van der Waals surface area (Å²) in [6.07, 6.45) is 12.7. The second-order valence-electron chi connectivity index (χ2n) is 12.5. The van der Waals surface area contributed by atoms with Crippen LogP contribution in [-0.4, -0.2) is 92.9 Å². The highest BCUT2D eigenvalue weighted by Crippen LogP contribution is 2.36. The average Bonchev–Trinajstić information content (AvgIpc) is 3.95. The molecule has 0 amide bonds. The van der Waals surface area contributed by atoms with Crippen LogP contribution in [0.2, 0.25) is 0 Å². The van der Waals surface area contributed by atoms with E-state index in [2.05, 4.69) is 40.9 Å². The van der Waals surface area contributed by atoms with Crippen LogP contribution in [0.4, 0.5) is 21.7 Å². The van der Waals surface area contributed by atoms with Gasteiger partial charge in [0.25, 0.3) is 10.0 Å². The average molecular weight is 624 g/mol. The summed E-state index contributed by atoms with van der Waals surface area (Å²) in [5, 5.41) is 14.2. The lowest BCUT2D eigenvalue weighted by Gasteiger charge is -2.35. The van der Waals surface area contributed by atoms with Gasteiger partial charge >= 0.3 is 0 Å². The molecular weight excluding hydrogens is 585 g/mol. The molecule has 14 heteroatoms. The summed E-state index contributed by atoms with van der Waals surface area (Å²) in [5.74, 6) is 1.57. The summed E-state index contributed by atoms with van der Waals surface area (Å²) in [4.78, 5) is 28.7. The molecule has 3 aliphatic carbocycles. The maximum atomic E-state index is 13.1. The number of nitrogens with zero attached hydrogens (tertiary/aromatic N) is 6. The molecule has 4 fully saturated rings. The first-order valence-corrected chi connectivity index (χ1v) is 17.1. The normalized spacial score (nSPS) is 22.8. The molecule has 12 nitrogen and oxygen atoms in total. The maximum Gasteiger partial charge on any atom is 0.256 e. The van der Waals surface area contributed by atoms with Crippen molar-refractivity contribution in [3.63, 3.8) is 0 Å². The number of carbonyl (C=O) groups is 1. The fraction of sp³-hybridized carbons (Fsp3) is 0.567. The van der Waals surface area contributed by atoms with Crippen LogP contribution in [0.3, 0.4) is 0 Å². The van der Waals surface area contributed by atoms with Crippen LogP contribution in [0.25, 0.3) is 11.4 Å². The van der Waals surface area contributed by atoms with Crippen molar-refractivity contribution in [2.24, 2.45) is 5.92 Å². The molecule has 3 N–H and O–H groups in total. The van der Waals surface area contributed by atoms with E-state index in [4.69, 9.17) is 0 Å². The van der Waals surface area contributed by atoms with Crippen molar-refractivity contribution in [1.82, 2.24) is 34.4 Å². The number of rotatable bonds is 13. The lowest BCUT2D eigenvalue weighted by atomic mass is 9.90. The third kappa shape index (κ3) is 6.61. The number of aromatic nitrogens is 5. The highest BCUT2D eigenvalue weighted by molar-refractivity contribution is 7.90. The van der Waals surface area contributed by atoms with E-state index in [0.717, 1.165) is 61.4 Å². The fourth-order valence-electron chi connectivity index (χ4n) is 5.96. The topological polar surface area (TPSA) is 147 Å².